The van der Waals surface area contributed by atoms with Crippen molar-refractivity contribution >= 4 is 15.9 Å². The summed E-state index contributed by atoms with van der Waals surface area (Å²) in [5, 5.41) is 9.02. The number of urea groups is 1. The molecule has 3 N–H and O–H groups in total. The number of amides is 2. The minimum Gasteiger partial charge on any atom is -0.335 e. The molecule has 1 atom stereocenters. The summed E-state index contributed by atoms with van der Waals surface area (Å²) in [5.41, 5.74) is 0. The van der Waals surface area contributed by atoms with Crippen molar-refractivity contribution in [1.29, 1.82) is 0 Å². The molecule has 2 rings (SSSR count). The summed E-state index contributed by atoms with van der Waals surface area (Å²) < 4.78 is 22.5. The molecule has 2 heterocycles. The smallest absolute Gasteiger partial charge is 0.315 e. The van der Waals surface area contributed by atoms with Crippen molar-refractivity contribution in [3.05, 3.63) is 0 Å². The van der Waals surface area contributed by atoms with Crippen LogP contribution in [0, 0.1) is 0 Å². The third-order valence-corrected chi connectivity index (χ3v) is 5.24. The number of sulfone groups is 1. The van der Waals surface area contributed by atoms with E-state index in [1.807, 2.05) is 0 Å². The lowest BCUT2D eigenvalue weighted by atomic mass is 10.1. The molecule has 0 bridgehead atoms. The van der Waals surface area contributed by atoms with E-state index in [1.54, 1.807) is 0 Å². The third kappa shape index (κ3) is 4.13. The normalized spacial score (nSPS) is 28.6. The van der Waals surface area contributed by atoms with E-state index in [-0.39, 0.29) is 29.6 Å². The van der Waals surface area contributed by atoms with Gasteiger partial charge < -0.3 is 16.0 Å². The second-order valence-corrected chi connectivity index (χ2v) is 7.39. The second-order valence-electron chi connectivity index (χ2n) is 5.09. The average Bonchev–Trinajstić information content (AvgIpc) is 2.33. The molecule has 0 aromatic heterocycles. The molecule has 2 aliphatic heterocycles. The molecule has 2 saturated heterocycles. The number of carbonyl (C=O) groups is 1. The average molecular weight is 275 g/mol. The molecule has 1 unspecified atom stereocenters. The van der Waals surface area contributed by atoms with Crippen molar-refractivity contribution in [1.82, 2.24) is 16.0 Å². The standard InChI is InChI=1S/C11H21N3O3S/c15-11(14-10-2-1-5-12-8-10)13-9-3-6-18(16,17)7-4-9/h9-10,12H,1-8H2,(H2,13,14,15). The minimum absolute atomic E-state index is 0.00919. The van der Waals surface area contributed by atoms with E-state index in [2.05, 4.69) is 16.0 Å². The van der Waals surface area contributed by atoms with Crippen LogP contribution < -0.4 is 16.0 Å². The van der Waals surface area contributed by atoms with E-state index in [1.165, 1.54) is 0 Å². The number of piperidine rings is 1. The van der Waals surface area contributed by atoms with Gasteiger partial charge in [0.05, 0.1) is 11.5 Å². The van der Waals surface area contributed by atoms with Crippen LogP contribution in [0.15, 0.2) is 0 Å². The molecule has 0 radical (unpaired) electrons. The summed E-state index contributed by atoms with van der Waals surface area (Å²) in [5.74, 6) is 0.367. The molecule has 0 aromatic rings. The summed E-state index contributed by atoms with van der Waals surface area (Å²) in [6, 6.07) is 0.00384. The highest BCUT2D eigenvalue weighted by molar-refractivity contribution is 7.91. The first-order chi connectivity index (χ1) is 8.55. The summed E-state index contributed by atoms with van der Waals surface area (Å²) in [6.07, 6.45) is 3.13. The summed E-state index contributed by atoms with van der Waals surface area (Å²) in [7, 11) is -2.86. The summed E-state index contributed by atoms with van der Waals surface area (Å²) in [4.78, 5) is 11.7. The molecule has 104 valence electrons. The fourth-order valence-corrected chi connectivity index (χ4v) is 3.91. The van der Waals surface area contributed by atoms with Gasteiger partial charge >= 0.3 is 6.03 Å². The van der Waals surface area contributed by atoms with Gasteiger partial charge in [0.15, 0.2) is 0 Å². The first-order valence-electron chi connectivity index (χ1n) is 6.53. The maximum atomic E-state index is 11.7. The van der Waals surface area contributed by atoms with Crippen molar-refractivity contribution in [3.8, 4) is 0 Å². The predicted octanol–water partition coefficient (Wildman–Crippen LogP) is -0.385. The van der Waals surface area contributed by atoms with Crippen molar-refractivity contribution in [2.45, 2.75) is 37.8 Å². The number of hydrogen-bond donors (Lipinski definition) is 3. The largest absolute Gasteiger partial charge is 0.335 e. The predicted molar refractivity (Wildman–Crippen MR) is 69.2 cm³/mol. The van der Waals surface area contributed by atoms with Crippen LogP contribution in [0.5, 0.6) is 0 Å². The van der Waals surface area contributed by atoms with Gasteiger partial charge in [-0.3, -0.25) is 0 Å². The van der Waals surface area contributed by atoms with Crippen molar-refractivity contribution in [3.63, 3.8) is 0 Å². The molecule has 6 nitrogen and oxygen atoms in total. The van der Waals surface area contributed by atoms with Crippen LogP contribution >= 0.6 is 0 Å². The Hall–Kier alpha value is -0.820. The second kappa shape index (κ2) is 5.88. The topological polar surface area (TPSA) is 87.3 Å². The third-order valence-electron chi connectivity index (χ3n) is 3.52. The first-order valence-corrected chi connectivity index (χ1v) is 8.35. The van der Waals surface area contributed by atoms with Gasteiger partial charge in [-0.2, -0.15) is 0 Å². The lowest BCUT2D eigenvalue weighted by molar-refractivity contribution is 0.229. The Morgan fingerprint density at radius 2 is 1.72 bits per heavy atom. The van der Waals surface area contributed by atoms with Crippen LogP contribution in [0.2, 0.25) is 0 Å². The molecule has 18 heavy (non-hydrogen) atoms. The highest BCUT2D eigenvalue weighted by atomic mass is 32.2. The molecule has 7 heteroatoms. The Balaban J connectivity index is 1.71. The number of carbonyl (C=O) groups excluding carboxylic acids is 1. The maximum Gasteiger partial charge on any atom is 0.315 e. The van der Waals surface area contributed by atoms with Crippen LogP contribution in [0.3, 0.4) is 0 Å². The fraction of sp³-hybridized carbons (Fsp3) is 0.909. The zero-order chi connectivity index (χ0) is 13.0. The van der Waals surface area contributed by atoms with Gasteiger partial charge in [0.1, 0.15) is 9.84 Å². The van der Waals surface area contributed by atoms with Crippen LogP contribution in [0.4, 0.5) is 4.79 Å². The molecule has 2 aliphatic rings. The number of rotatable bonds is 2. The Morgan fingerprint density at radius 1 is 1.06 bits per heavy atom. The van der Waals surface area contributed by atoms with Crippen molar-refractivity contribution in [2.24, 2.45) is 0 Å². The molecule has 0 aliphatic carbocycles. The Bertz CT molecular complexity index is 376. The molecular weight excluding hydrogens is 254 g/mol. The van der Waals surface area contributed by atoms with E-state index in [4.69, 9.17) is 0 Å². The Kier molecular flexibility index (Phi) is 4.45. The Morgan fingerprint density at radius 3 is 2.33 bits per heavy atom. The molecule has 2 fully saturated rings. The van der Waals surface area contributed by atoms with Gasteiger partial charge in [-0.1, -0.05) is 0 Å². The molecule has 0 saturated carbocycles. The fourth-order valence-electron chi connectivity index (χ4n) is 2.42. The molecule has 2 amide bonds. The van der Waals surface area contributed by atoms with E-state index in [0.717, 1.165) is 25.9 Å². The lowest BCUT2D eigenvalue weighted by Crippen LogP contribution is -2.52. The van der Waals surface area contributed by atoms with Crippen molar-refractivity contribution in [2.75, 3.05) is 24.6 Å². The minimum atomic E-state index is -2.86. The Labute approximate surface area is 108 Å². The van der Waals surface area contributed by atoms with E-state index in [0.29, 0.717) is 12.8 Å². The maximum absolute atomic E-state index is 11.7. The van der Waals surface area contributed by atoms with E-state index >= 15 is 0 Å². The highest BCUT2D eigenvalue weighted by Crippen LogP contribution is 2.12. The number of hydrogen-bond acceptors (Lipinski definition) is 4. The zero-order valence-corrected chi connectivity index (χ0v) is 11.3. The van der Waals surface area contributed by atoms with Gasteiger partial charge in [0, 0.05) is 18.6 Å². The summed E-state index contributed by atoms with van der Waals surface area (Å²) >= 11 is 0. The summed E-state index contributed by atoms with van der Waals surface area (Å²) in [6.45, 7) is 1.83. The highest BCUT2D eigenvalue weighted by Gasteiger charge is 2.25. The van der Waals surface area contributed by atoms with Crippen LogP contribution in [0.25, 0.3) is 0 Å². The molecule has 0 aromatic carbocycles. The molecule has 0 spiro atoms. The monoisotopic (exact) mass is 275 g/mol. The van der Waals surface area contributed by atoms with E-state index < -0.39 is 9.84 Å². The van der Waals surface area contributed by atoms with Crippen LogP contribution in [-0.4, -0.2) is 51.1 Å². The quantitative estimate of drug-likeness (QED) is 0.641. The zero-order valence-electron chi connectivity index (χ0n) is 10.4. The van der Waals surface area contributed by atoms with Gasteiger partial charge in [0.2, 0.25) is 0 Å². The molecular formula is C11H21N3O3S. The van der Waals surface area contributed by atoms with Crippen molar-refractivity contribution < 1.29 is 13.2 Å². The lowest BCUT2D eigenvalue weighted by Gasteiger charge is -2.27. The van der Waals surface area contributed by atoms with Crippen LogP contribution in [0.1, 0.15) is 25.7 Å². The number of nitrogens with one attached hydrogen (secondary N) is 3. The van der Waals surface area contributed by atoms with Crippen LogP contribution in [-0.2, 0) is 9.84 Å². The van der Waals surface area contributed by atoms with Gasteiger partial charge in [-0.15, -0.1) is 0 Å². The first kappa shape index (κ1) is 13.6. The van der Waals surface area contributed by atoms with E-state index in [9.17, 15) is 13.2 Å². The SMILES string of the molecule is O=C(NC1CCS(=O)(=O)CC1)NC1CCCNC1. The van der Waals surface area contributed by atoms with Gasteiger partial charge in [0.25, 0.3) is 0 Å². The van der Waals surface area contributed by atoms with Gasteiger partial charge in [-0.25, -0.2) is 13.2 Å². The van der Waals surface area contributed by atoms with Gasteiger partial charge in [-0.05, 0) is 32.2 Å².